The molecule has 3 N–H and O–H groups in total. The Bertz CT molecular complexity index is 387. The van der Waals surface area contributed by atoms with Crippen molar-refractivity contribution in [3.05, 3.63) is 35.4 Å². The molecule has 0 spiro atoms. The molecular formula is C12H16N2O3. The molecule has 0 bridgehead atoms. The Morgan fingerprint density at radius 1 is 1.18 bits per heavy atom. The molecule has 17 heavy (non-hydrogen) atoms. The Balaban J connectivity index is 2.23. The fraction of sp³-hybridized carbons (Fsp3) is 0.333. The molecular weight excluding hydrogens is 220 g/mol. The molecule has 0 saturated heterocycles. The fourth-order valence-electron chi connectivity index (χ4n) is 1.25. The standard InChI is InChI=1S/C12H16N2O3/c1-9-2-4-10(5-3-9)6-14-11(15)7-13-8-12(16)17/h2-5,13H,6-8H2,1H3,(H,14,15)(H,16,17). The zero-order valence-corrected chi connectivity index (χ0v) is 9.69. The third-order valence-electron chi connectivity index (χ3n) is 2.17. The lowest BCUT2D eigenvalue weighted by Crippen LogP contribution is -2.35. The number of aliphatic carboxylic acids is 1. The maximum absolute atomic E-state index is 11.3. The van der Waals surface area contributed by atoms with Crippen molar-refractivity contribution < 1.29 is 14.7 Å². The number of carboxylic acid groups (broad SMARTS) is 1. The van der Waals surface area contributed by atoms with Crippen molar-refractivity contribution in [2.24, 2.45) is 0 Å². The van der Waals surface area contributed by atoms with Gasteiger partial charge in [0.25, 0.3) is 0 Å². The first-order chi connectivity index (χ1) is 8.08. The van der Waals surface area contributed by atoms with Crippen LogP contribution >= 0.6 is 0 Å². The van der Waals surface area contributed by atoms with Crippen LogP contribution in [0.15, 0.2) is 24.3 Å². The quantitative estimate of drug-likeness (QED) is 0.663. The van der Waals surface area contributed by atoms with Crippen molar-refractivity contribution in [2.75, 3.05) is 13.1 Å². The van der Waals surface area contributed by atoms with Crippen LogP contribution < -0.4 is 10.6 Å². The van der Waals surface area contributed by atoms with E-state index in [4.69, 9.17) is 5.11 Å². The molecule has 0 heterocycles. The van der Waals surface area contributed by atoms with E-state index in [-0.39, 0.29) is 19.0 Å². The van der Waals surface area contributed by atoms with Crippen LogP contribution in [-0.4, -0.2) is 30.1 Å². The summed E-state index contributed by atoms with van der Waals surface area (Å²) in [4.78, 5) is 21.5. The zero-order chi connectivity index (χ0) is 12.7. The maximum atomic E-state index is 11.3. The number of hydrogen-bond donors (Lipinski definition) is 3. The number of carboxylic acids is 1. The van der Waals surface area contributed by atoms with Gasteiger partial charge in [0.05, 0.1) is 13.1 Å². The van der Waals surface area contributed by atoms with Crippen LogP contribution in [0, 0.1) is 6.92 Å². The molecule has 1 amide bonds. The molecule has 0 radical (unpaired) electrons. The molecule has 0 aliphatic rings. The van der Waals surface area contributed by atoms with Gasteiger partial charge in [-0.2, -0.15) is 0 Å². The lowest BCUT2D eigenvalue weighted by atomic mass is 10.1. The highest BCUT2D eigenvalue weighted by Gasteiger charge is 2.02. The SMILES string of the molecule is Cc1ccc(CNC(=O)CNCC(=O)O)cc1. The number of hydrogen-bond acceptors (Lipinski definition) is 3. The van der Waals surface area contributed by atoms with Gasteiger partial charge in [-0.05, 0) is 12.5 Å². The fourth-order valence-corrected chi connectivity index (χ4v) is 1.25. The monoisotopic (exact) mass is 236 g/mol. The lowest BCUT2D eigenvalue weighted by Gasteiger charge is -2.05. The van der Waals surface area contributed by atoms with Gasteiger partial charge in [-0.25, -0.2) is 0 Å². The Labute approximate surface area is 99.8 Å². The molecule has 0 aromatic heterocycles. The highest BCUT2D eigenvalue weighted by molar-refractivity contribution is 5.78. The number of amides is 1. The molecule has 5 heteroatoms. The summed E-state index contributed by atoms with van der Waals surface area (Å²) in [5.41, 5.74) is 2.19. The second-order valence-electron chi connectivity index (χ2n) is 3.76. The topological polar surface area (TPSA) is 78.4 Å². The van der Waals surface area contributed by atoms with Crippen molar-refractivity contribution in [2.45, 2.75) is 13.5 Å². The van der Waals surface area contributed by atoms with Gasteiger partial charge < -0.3 is 10.4 Å². The van der Waals surface area contributed by atoms with Crippen molar-refractivity contribution in [1.82, 2.24) is 10.6 Å². The van der Waals surface area contributed by atoms with E-state index in [9.17, 15) is 9.59 Å². The first-order valence-electron chi connectivity index (χ1n) is 5.32. The van der Waals surface area contributed by atoms with Gasteiger partial charge in [-0.3, -0.25) is 14.9 Å². The van der Waals surface area contributed by atoms with Crippen LogP contribution in [0.2, 0.25) is 0 Å². The summed E-state index contributed by atoms with van der Waals surface area (Å²) >= 11 is 0. The van der Waals surface area contributed by atoms with Crippen LogP contribution in [0.3, 0.4) is 0 Å². The third-order valence-corrected chi connectivity index (χ3v) is 2.17. The molecule has 0 unspecified atom stereocenters. The van der Waals surface area contributed by atoms with E-state index in [2.05, 4.69) is 10.6 Å². The van der Waals surface area contributed by atoms with E-state index in [0.29, 0.717) is 6.54 Å². The van der Waals surface area contributed by atoms with Crippen LogP contribution in [0.4, 0.5) is 0 Å². The molecule has 92 valence electrons. The average Bonchev–Trinajstić information content (AvgIpc) is 2.28. The van der Waals surface area contributed by atoms with Gasteiger partial charge in [0, 0.05) is 6.54 Å². The normalized spacial score (nSPS) is 9.94. The molecule has 0 aliphatic heterocycles. The molecule has 1 aromatic carbocycles. The van der Waals surface area contributed by atoms with Crippen molar-refractivity contribution in [3.8, 4) is 0 Å². The second kappa shape index (κ2) is 6.65. The molecule has 0 fully saturated rings. The molecule has 0 aliphatic carbocycles. The molecule has 5 nitrogen and oxygen atoms in total. The smallest absolute Gasteiger partial charge is 0.317 e. The lowest BCUT2D eigenvalue weighted by molar-refractivity contribution is -0.136. The highest BCUT2D eigenvalue weighted by atomic mass is 16.4. The Morgan fingerprint density at radius 2 is 1.82 bits per heavy atom. The predicted octanol–water partition coefficient (Wildman–Crippen LogP) is 0.285. The minimum atomic E-state index is -0.976. The van der Waals surface area contributed by atoms with E-state index in [1.165, 1.54) is 5.56 Å². The summed E-state index contributed by atoms with van der Waals surface area (Å²) in [6, 6.07) is 7.84. The summed E-state index contributed by atoms with van der Waals surface area (Å²) in [7, 11) is 0. The van der Waals surface area contributed by atoms with E-state index in [0.717, 1.165) is 5.56 Å². The minimum Gasteiger partial charge on any atom is -0.480 e. The van der Waals surface area contributed by atoms with Crippen LogP contribution in [-0.2, 0) is 16.1 Å². The van der Waals surface area contributed by atoms with Gasteiger partial charge in [0.2, 0.25) is 5.91 Å². The largest absolute Gasteiger partial charge is 0.480 e. The zero-order valence-electron chi connectivity index (χ0n) is 9.69. The van der Waals surface area contributed by atoms with E-state index in [1.54, 1.807) is 0 Å². The Hall–Kier alpha value is -1.88. The van der Waals surface area contributed by atoms with Gasteiger partial charge >= 0.3 is 5.97 Å². The van der Waals surface area contributed by atoms with Crippen molar-refractivity contribution in [1.29, 1.82) is 0 Å². The number of aryl methyl sites for hydroxylation is 1. The number of carbonyl (C=O) groups is 2. The minimum absolute atomic E-state index is 0.0121. The Morgan fingerprint density at radius 3 is 2.41 bits per heavy atom. The molecule has 1 rings (SSSR count). The van der Waals surface area contributed by atoms with Gasteiger partial charge in [0.15, 0.2) is 0 Å². The number of carbonyl (C=O) groups excluding carboxylic acids is 1. The maximum Gasteiger partial charge on any atom is 0.317 e. The van der Waals surface area contributed by atoms with Gasteiger partial charge in [-0.15, -0.1) is 0 Å². The number of rotatable bonds is 6. The predicted molar refractivity (Wildman–Crippen MR) is 63.5 cm³/mol. The summed E-state index contributed by atoms with van der Waals surface area (Å²) < 4.78 is 0. The van der Waals surface area contributed by atoms with Gasteiger partial charge in [0.1, 0.15) is 0 Å². The first-order valence-corrected chi connectivity index (χ1v) is 5.32. The van der Waals surface area contributed by atoms with Crippen LogP contribution in [0.25, 0.3) is 0 Å². The van der Waals surface area contributed by atoms with E-state index >= 15 is 0 Å². The van der Waals surface area contributed by atoms with E-state index in [1.807, 2.05) is 31.2 Å². The van der Waals surface area contributed by atoms with Gasteiger partial charge in [-0.1, -0.05) is 29.8 Å². The number of nitrogens with one attached hydrogen (secondary N) is 2. The summed E-state index contributed by atoms with van der Waals surface area (Å²) in [6.07, 6.45) is 0. The first kappa shape index (κ1) is 13.2. The number of benzene rings is 1. The Kier molecular flexibility index (Phi) is 5.16. The summed E-state index contributed by atoms with van der Waals surface area (Å²) in [5.74, 6) is -1.19. The van der Waals surface area contributed by atoms with Crippen molar-refractivity contribution in [3.63, 3.8) is 0 Å². The molecule has 0 atom stereocenters. The highest BCUT2D eigenvalue weighted by Crippen LogP contribution is 2.02. The summed E-state index contributed by atoms with van der Waals surface area (Å²) in [6.45, 7) is 2.25. The van der Waals surface area contributed by atoms with Crippen LogP contribution in [0.1, 0.15) is 11.1 Å². The molecule has 0 saturated carbocycles. The second-order valence-corrected chi connectivity index (χ2v) is 3.76. The average molecular weight is 236 g/mol. The summed E-state index contributed by atoms with van der Waals surface area (Å²) in [5, 5.41) is 13.6. The van der Waals surface area contributed by atoms with Crippen LogP contribution in [0.5, 0.6) is 0 Å². The molecule has 1 aromatic rings. The van der Waals surface area contributed by atoms with E-state index < -0.39 is 5.97 Å². The third kappa shape index (κ3) is 5.67. The van der Waals surface area contributed by atoms with Crippen molar-refractivity contribution >= 4 is 11.9 Å².